The lowest BCUT2D eigenvalue weighted by molar-refractivity contribution is 0.112. The molecule has 74 valence electrons. The van der Waals surface area contributed by atoms with Gasteiger partial charge in [-0.15, -0.1) is 10.2 Å². The van der Waals surface area contributed by atoms with Gasteiger partial charge >= 0.3 is 0 Å². The molecule has 2 aromatic rings. The average Bonchev–Trinajstić information content (AvgIpc) is 2.80. The zero-order chi connectivity index (χ0) is 10.5. The molecule has 0 saturated heterocycles. The van der Waals surface area contributed by atoms with E-state index < -0.39 is 0 Å². The summed E-state index contributed by atoms with van der Waals surface area (Å²) in [6.07, 6.45) is 4.06. The Kier molecular flexibility index (Phi) is 2.64. The number of benzene rings is 1. The van der Waals surface area contributed by atoms with Crippen molar-refractivity contribution in [1.29, 1.82) is 0 Å². The molecule has 2 rings (SSSR count). The molecular formula is C10H8N4O. The normalized spacial score (nSPS) is 10.7. The highest BCUT2D eigenvalue weighted by Gasteiger charge is 1.92. The molecule has 0 aliphatic heterocycles. The van der Waals surface area contributed by atoms with Crippen LogP contribution in [0.2, 0.25) is 0 Å². The third-order valence-corrected chi connectivity index (χ3v) is 1.77. The van der Waals surface area contributed by atoms with E-state index in [2.05, 4.69) is 20.2 Å². The first-order valence-electron chi connectivity index (χ1n) is 4.35. The van der Waals surface area contributed by atoms with E-state index in [1.807, 2.05) is 0 Å². The summed E-state index contributed by atoms with van der Waals surface area (Å²) in [5.41, 5.74) is 1.30. The second-order valence-electron chi connectivity index (χ2n) is 2.82. The quantitative estimate of drug-likeness (QED) is 0.611. The summed E-state index contributed by atoms with van der Waals surface area (Å²) < 4.78 is 0. The van der Waals surface area contributed by atoms with Crippen LogP contribution < -0.4 is 0 Å². The van der Waals surface area contributed by atoms with E-state index in [0.29, 0.717) is 17.2 Å². The van der Waals surface area contributed by atoms with Crippen molar-refractivity contribution < 1.29 is 4.79 Å². The van der Waals surface area contributed by atoms with Gasteiger partial charge in [0.1, 0.15) is 6.29 Å². The van der Waals surface area contributed by atoms with Crippen LogP contribution in [0.1, 0.15) is 10.4 Å². The minimum absolute atomic E-state index is 0.453. The number of imidazole rings is 1. The fraction of sp³-hybridized carbons (Fsp3) is 0. The summed E-state index contributed by atoms with van der Waals surface area (Å²) in [5, 5.41) is 7.80. The van der Waals surface area contributed by atoms with Crippen molar-refractivity contribution in [3.8, 4) is 0 Å². The number of hydrogen-bond acceptors (Lipinski definition) is 4. The maximum atomic E-state index is 10.4. The van der Waals surface area contributed by atoms with E-state index in [1.54, 1.807) is 36.7 Å². The number of H-pyrrole nitrogens is 1. The lowest BCUT2D eigenvalue weighted by Crippen LogP contribution is -1.75. The van der Waals surface area contributed by atoms with Crippen molar-refractivity contribution >= 4 is 17.9 Å². The molecule has 0 atom stereocenters. The largest absolute Gasteiger partial charge is 0.328 e. The van der Waals surface area contributed by atoms with Crippen molar-refractivity contribution in [3.05, 3.63) is 42.2 Å². The molecule has 1 aromatic carbocycles. The van der Waals surface area contributed by atoms with Crippen molar-refractivity contribution in [1.82, 2.24) is 9.97 Å². The molecule has 1 N–H and O–H groups in total. The van der Waals surface area contributed by atoms with Crippen LogP contribution in [0.4, 0.5) is 11.6 Å². The summed E-state index contributed by atoms with van der Waals surface area (Å²) >= 11 is 0. The highest BCUT2D eigenvalue weighted by atomic mass is 16.1. The Morgan fingerprint density at radius 1 is 1.20 bits per heavy atom. The molecule has 0 radical (unpaired) electrons. The second kappa shape index (κ2) is 4.28. The molecule has 0 bridgehead atoms. The van der Waals surface area contributed by atoms with Gasteiger partial charge in [-0.05, 0) is 24.3 Å². The molecule has 1 heterocycles. The van der Waals surface area contributed by atoms with E-state index in [-0.39, 0.29) is 0 Å². The zero-order valence-corrected chi connectivity index (χ0v) is 7.79. The predicted molar refractivity (Wildman–Crippen MR) is 54.6 cm³/mol. The second-order valence-corrected chi connectivity index (χ2v) is 2.82. The number of azo groups is 1. The topological polar surface area (TPSA) is 70.5 Å². The lowest BCUT2D eigenvalue weighted by atomic mass is 10.2. The van der Waals surface area contributed by atoms with E-state index in [1.165, 1.54) is 0 Å². The van der Waals surface area contributed by atoms with Gasteiger partial charge in [-0.3, -0.25) is 4.79 Å². The van der Waals surface area contributed by atoms with Gasteiger partial charge in [0.05, 0.1) is 5.69 Å². The number of nitrogens with zero attached hydrogens (tertiary/aromatic N) is 3. The third-order valence-electron chi connectivity index (χ3n) is 1.77. The van der Waals surface area contributed by atoms with Crippen LogP contribution in [-0.2, 0) is 0 Å². The first kappa shape index (κ1) is 9.26. The third kappa shape index (κ3) is 2.34. The number of carbonyl (C=O) groups is 1. The number of aromatic nitrogens is 2. The van der Waals surface area contributed by atoms with E-state index in [4.69, 9.17) is 0 Å². The van der Waals surface area contributed by atoms with Gasteiger partial charge in [-0.1, -0.05) is 0 Å². The average molecular weight is 200 g/mol. The monoisotopic (exact) mass is 200 g/mol. The summed E-state index contributed by atoms with van der Waals surface area (Å²) in [5.74, 6) is 0.453. The smallest absolute Gasteiger partial charge is 0.246 e. The maximum Gasteiger partial charge on any atom is 0.246 e. The first-order chi connectivity index (χ1) is 7.38. The van der Waals surface area contributed by atoms with Crippen LogP contribution in [0, 0.1) is 0 Å². The van der Waals surface area contributed by atoms with Gasteiger partial charge in [-0.25, -0.2) is 4.98 Å². The van der Waals surface area contributed by atoms with E-state index in [9.17, 15) is 4.79 Å². The molecule has 0 aliphatic rings. The van der Waals surface area contributed by atoms with E-state index >= 15 is 0 Å². The Morgan fingerprint density at radius 3 is 2.60 bits per heavy atom. The Morgan fingerprint density at radius 2 is 2.00 bits per heavy atom. The minimum Gasteiger partial charge on any atom is -0.328 e. The van der Waals surface area contributed by atoms with Gasteiger partial charge in [0.2, 0.25) is 5.95 Å². The number of nitrogens with one attached hydrogen (secondary N) is 1. The predicted octanol–water partition coefficient (Wildman–Crippen LogP) is 2.64. The number of aromatic amines is 1. The highest BCUT2D eigenvalue weighted by molar-refractivity contribution is 5.75. The molecule has 0 aliphatic carbocycles. The molecule has 5 heteroatoms. The minimum atomic E-state index is 0.453. The zero-order valence-electron chi connectivity index (χ0n) is 7.79. The van der Waals surface area contributed by atoms with Gasteiger partial charge in [0, 0.05) is 18.0 Å². The van der Waals surface area contributed by atoms with Crippen LogP contribution in [0.3, 0.4) is 0 Å². The Hall–Kier alpha value is -2.30. The maximum absolute atomic E-state index is 10.4. The van der Waals surface area contributed by atoms with Crippen molar-refractivity contribution in [2.24, 2.45) is 10.2 Å². The van der Waals surface area contributed by atoms with Crippen LogP contribution >= 0.6 is 0 Å². The number of aldehydes is 1. The van der Waals surface area contributed by atoms with Crippen LogP contribution in [0.5, 0.6) is 0 Å². The fourth-order valence-corrected chi connectivity index (χ4v) is 1.04. The lowest BCUT2D eigenvalue weighted by Gasteiger charge is -1.91. The van der Waals surface area contributed by atoms with Gasteiger partial charge in [0.15, 0.2) is 0 Å². The molecule has 0 amide bonds. The number of hydrogen-bond donors (Lipinski definition) is 1. The van der Waals surface area contributed by atoms with E-state index in [0.717, 1.165) is 6.29 Å². The fourth-order valence-electron chi connectivity index (χ4n) is 1.04. The Labute approximate surface area is 85.9 Å². The molecule has 5 nitrogen and oxygen atoms in total. The molecule has 0 unspecified atom stereocenters. The van der Waals surface area contributed by atoms with Crippen LogP contribution in [0.15, 0.2) is 46.9 Å². The molecular weight excluding hydrogens is 192 g/mol. The summed E-state index contributed by atoms with van der Waals surface area (Å²) in [6, 6.07) is 6.80. The van der Waals surface area contributed by atoms with Gasteiger partial charge < -0.3 is 4.98 Å². The number of rotatable bonds is 3. The molecule has 0 saturated carbocycles. The Balaban J connectivity index is 2.14. The van der Waals surface area contributed by atoms with Crippen molar-refractivity contribution in [3.63, 3.8) is 0 Å². The van der Waals surface area contributed by atoms with Crippen LogP contribution in [0.25, 0.3) is 0 Å². The molecule has 0 fully saturated rings. The van der Waals surface area contributed by atoms with Crippen LogP contribution in [-0.4, -0.2) is 16.3 Å². The molecule has 0 spiro atoms. The molecule has 1 aromatic heterocycles. The highest BCUT2D eigenvalue weighted by Crippen LogP contribution is 2.15. The Bertz CT molecular complexity index is 459. The van der Waals surface area contributed by atoms with Gasteiger partial charge in [0.25, 0.3) is 0 Å². The summed E-state index contributed by atoms with van der Waals surface area (Å²) in [4.78, 5) is 17.1. The van der Waals surface area contributed by atoms with Gasteiger partial charge in [-0.2, -0.15) is 0 Å². The van der Waals surface area contributed by atoms with Crippen molar-refractivity contribution in [2.75, 3.05) is 0 Å². The number of carbonyl (C=O) groups excluding carboxylic acids is 1. The standard InChI is InChI=1S/C10H8N4O/c15-7-8-1-3-9(4-2-8)13-14-10-11-5-6-12-10/h1-7H,(H,11,12). The SMILES string of the molecule is O=Cc1ccc(N=Nc2ncc[nH]2)cc1. The summed E-state index contributed by atoms with van der Waals surface area (Å²) in [7, 11) is 0. The van der Waals surface area contributed by atoms with Crippen molar-refractivity contribution in [2.45, 2.75) is 0 Å². The molecule has 15 heavy (non-hydrogen) atoms. The summed E-state index contributed by atoms with van der Waals surface area (Å²) in [6.45, 7) is 0. The first-order valence-corrected chi connectivity index (χ1v) is 4.35.